The first-order chi connectivity index (χ1) is 11.1. The molecule has 3 rings (SSSR count). The molecular formula is C17H21N3O2S. The summed E-state index contributed by atoms with van der Waals surface area (Å²) < 4.78 is 5.59. The van der Waals surface area contributed by atoms with Crippen molar-refractivity contribution < 1.29 is 9.53 Å². The molecule has 2 heterocycles. The predicted octanol–water partition coefficient (Wildman–Crippen LogP) is 2.94. The Bertz CT molecular complexity index is 640. The lowest BCUT2D eigenvalue weighted by Gasteiger charge is -2.16. The van der Waals surface area contributed by atoms with Crippen molar-refractivity contribution in [3.63, 3.8) is 0 Å². The van der Waals surface area contributed by atoms with E-state index >= 15 is 0 Å². The van der Waals surface area contributed by atoms with Gasteiger partial charge >= 0.3 is 0 Å². The van der Waals surface area contributed by atoms with Crippen LogP contribution in [0, 0.1) is 0 Å². The van der Waals surface area contributed by atoms with E-state index in [1.165, 1.54) is 0 Å². The number of amides is 1. The van der Waals surface area contributed by atoms with E-state index in [9.17, 15) is 4.79 Å². The monoisotopic (exact) mass is 331 g/mol. The summed E-state index contributed by atoms with van der Waals surface area (Å²) in [6.45, 7) is 5.71. The molecule has 0 aliphatic carbocycles. The molecule has 6 heteroatoms. The standard InChI is InChI=1S/C17H21N3O2S/c1-12(2)22-15-5-3-13(4-6-15)16(21)19-14-7-9-20(11-14)17-18-8-10-23-17/h3-6,8,10,12,14H,7,9,11H2,1-2H3,(H,19,21). The second kappa shape index (κ2) is 7.00. The average molecular weight is 331 g/mol. The SMILES string of the molecule is CC(C)Oc1ccc(C(=O)NC2CCN(c3nccs3)C2)cc1. The van der Waals surface area contributed by atoms with Crippen LogP contribution in [-0.4, -0.2) is 36.1 Å². The number of carbonyl (C=O) groups excluding carboxylic acids is 1. The van der Waals surface area contributed by atoms with Gasteiger partial charge in [0.05, 0.1) is 6.10 Å². The molecule has 0 bridgehead atoms. The molecule has 0 spiro atoms. The molecule has 1 N–H and O–H groups in total. The van der Waals surface area contributed by atoms with Crippen LogP contribution >= 0.6 is 11.3 Å². The second-order valence-electron chi connectivity index (χ2n) is 5.91. The third-order valence-electron chi connectivity index (χ3n) is 3.70. The van der Waals surface area contributed by atoms with Crippen LogP contribution in [0.5, 0.6) is 5.75 Å². The van der Waals surface area contributed by atoms with Gasteiger partial charge in [-0.25, -0.2) is 4.98 Å². The van der Waals surface area contributed by atoms with Crippen molar-refractivity contribution >= 4 is 22.4 Å². The van der Waals surface area contributed by atoms with Gasteiger partial charge in [-0.3, -0.25) is 4.79 Å². The van der Waals surface area contributed by atoms with Gasteiger partial charge in [0, 0.05) is 36.3 Å². The van der Waals surface area contributed by atoms with Crippen LogP contribution in [0.25, 0.3) is 0 Å². The Morgan fingerprint density at radius 2 is 2.17 bits per heavy atom. The summed E-state index contributed by atoms with van der Waals surface area (Å²) >= 11 is 1.63. The van der Waals surface area contributed by atoms with Crippen molar-refractivity contribution in [2.75, 3.05) is 18.0 Å². The molecule has 0 saturated carbocycles. The summed E-state index contributed by atoms with van der Waals surface area (Å²) in [5.74, 6) is 0.749. The van der Waals surface area contributed by atoms with E-state index in [0.29, 0.717) is 5.56 Å². The van der Waals surface area contributed by atoms with E-state index in [4.69, 9.17) is 4.74 Å². The number of benzene rings is 1. The molecule has 1 saturated heterocycles. The van der Waals surface area contributed by atoms with Crippen LogP contribution in [0.15, 0.2) is 35.8 Å². The largest absolute Gasteiger partial charge is 0.491 e. The Morgan fingerprint density at radius 1 is 1.39 bits per heavy atom. The molecule has 0 radical (unpaired) electrons. The number of nitrogens with zero attached hydrogens (tertiary/aromatic N) is 2. The van der Waals surface area contributed by atoms with Gasteiger partial charge in [-0.15, -0.1) is 11.3 Å². The van der Waals surface area contributed by atoms with Crippen molar-refractivity contribution in [1.29, 1.82) is 0 Å². The first-order valence-electron chi connectivity index (χ1n) is 7.84. The Morgan fingerprint density at radius 3 is 2.83 bits per heavy atom. The second-order valence-corrected chi connectivity index (χ2v) is 6.78. The van der Waals surface area contributed by atoms with Crippen LogP contribution in [0.3, 0.4) is 0 Å². The van der Waals surface area contributed by atoms with Crippen LogP contribution in [0.1, 0.15) is 30.6 Å². The number of anilines is 1. The number of hydrogen-bond acceptors (Lipinski definition) is 5. The zero-order chi connectivity index (χ0) is 16.2. The van der Waals surface area contributed by atoms with Crippen LogP contribution < -0.4 is 15.0 Å². The van der Waals surface area contributed by atoms with Crippen molar-refractivity contribution in [3.05, 3.63) is 41.4 Å². The topological polar surface area (TPSA) is 54.5 Å². The molecule has 1 aromatic carbocycles. The predicted molar refractivity (Wildman–Crippen MR) is 92.4 cm³/mol. The molecule has 2 aromatic rings. The molecule has 1 aliphatic rings. The summed E-state index contributed by atoms with van der Waals surface area (Å²) in [5.41, 5.74) is 0.661. The fourth-order valence-corrected chi connectivity index (χ4v) is 3.33. The Hall–Kier alpha value is -2.08. The van der Waals surface area contributed by atoms with E-state index in [1.54, 1.807) is 23.5 Å². The summed E-state index contributed by atoms with van der Waals surface area (Å²) in [6.07, 6.45) is 2.89. The van der Waals surface area contributed by atoms with Gasteiger partial charge < -0.3 is 15.0 Å². The maximum atomic E-state index is 12.3. The maximum Gasteiger partial charge on any atom is 0.251 e. The fraction of sp³-hybridized carbons (Fsp3) is 0.412. The first-order valence-corrected chi connectivity index (χ1v) is 8.72. The summed E-state index contributed by atoms with van der Waals surface area (Å²) in [5, 5.41) is 6.10. The molecular weight excluding hydrogens is 310 g/mol. The minimum absolute atomic E-state index is 0.0351. The Labute approximate surface area is 140 Å². The lowest BCUT2D eigenvalue weighted by molar-refractivity contribution is 0.0940. The third kappa shape index (κ3) is 4.01. The number of nitrogens with one attached hydrogen (secondary N) is 1. The number of aromatic nitrogens is 1. The maximum absolute atomic E-state index is 12.3. The summed E-state index contributed by atoms with van der Waals surface area (Å²) in [7, 11) is 0. The summed E-state index contributed by atoms with van der Waals surface area (Å²) in [6, 6.07) is 7.45. The third-order valence-corrected chi connectivity index (χ3v) is 4.53. The number of thiazole rings is 1. The Balaban J connectivity index is 1.55. The highest BCUT2D eigenvalue weighted by molar-refractivity contribution is 7.13. The average Bonchev–Trinajstić information content (AvgIpc) is 3.18. The number of rotatable bonds is 5. The van der Waals surface area contributed by atoms with Crippen molar-refractivity contribution in [2.24, 2.45) is 0 Å². The highest BCUT2D eigenvalue weighted by atomic mass is 32.1. The van der Waals surface area contributed by atoms with E-state index in [0.717, 1.165) is 30.4 Å². The van der Waals surface area contributed by atoms with Crippen LogP contribution in [-0.2, 0) is 0 Å². The normalized spacial score (nSPS) is 17.5. The number of carbonyl (C=O) groups is 1. The molecule has 1 fully saturated rings. The van der Waals surface area contributed by atoms with Crippen LogP contribution in [0.4, 0.5) is 5.13 Å². The molecule has 1 amide bonds. The fourth-order valence-electron chi connectivity index (χ4n) is 2.65. The molecule has 1 atom stereocenters. The van der Waals surface area contributed by atoms with E-state index in [1.807, 2.05) is 37.6 Å². The molecule has 122 valence electrons. The lowest BCUT2D eigenvalue weighted by atomic mass is 10.2. The molecule has 1 aliphatic heterocycles. The van der Waals surface area contributed by atoms with Gasteiger partial charge in [-0.2, -0.15) is 0 Å². The van der Waals surface area contributed by atoms with Gasteiger partial charge in [0.15, 0.2) is 5.13 Å². The quantitative estimate of drug-likeness (QED) is 0.915. The van der Waals surface area contributed by atoms with Gasteiger partial charge in [0.25, 0.3) is 5.91 Å². The zero-order valence-electron chi connectivity index (χ0n) is 13.4. The van der Waals surface area contributed by atoms with Crippen molar-refractivity contribution in [2.45, 2.75) is 32.4 Å². The number of hydrogen-bond donors (Lipinski definition) is 1. The lowest BCUT2D eigenvalue weighted by Crippen LogP contribution is -2.37. The van der Waals surface area contributed by atoms with Crippen molar-refractivity contribution in [3.8, 4) is 5.75 Å². The van der Waals surface area contributed by atoms with Gasteiger partial charge in [0.2, 0.25) is 0 Å². The number of ether oxygens (including phenoxy) is 1. The van der Waals surface area contributed by atoms with Gasteiger partial charge in [0.1, 0.15) is 5.75 Å². The smallest absolute Gasteiger partial charge is 0.251 e. The minimum Gasteiger partial charge on any atom is -0.491 e. The zero-order valence-corrected chi connectivity index (χ0v) is 14.2. The summed E-state index contributed by atoms with van der Waals surface area (Å²) in [4.78, 5) is 18.9. The van der Waals surface area contributed by atoms with Gasteiger partial charge in [-0.05, 0) is 44.5 Å². The van der Waals surface area contributed by atoms with Crippen molar-refractivity contribution in [1.82, 2.24) is 10.3 Å². The first kappa shape index (κ1) is 15.8. The molecule has 5 nitrogen and oxygen atoms in total. The Kier molecular flexibility index (Phi) is 4.81. The molecule has 1 unspecified atom stereocenters. The van der Waals surface area contributed by atoms with Gasteiger partial charge in [-0.1, -0.05) is 0 Å². The highest BCUT2D eigenvalue weighted by Crippen LogP contribution is 2.22. The van der Waals surface area contributed by atoms with E-state index in [2.05, 4.69) is 15.2 Å². The van der Waals surface area contributed by atoms with E-state index in [-0.39, 0.29) is 18.1 Å². The molecule has 1 aromatic heterocycles. The molecule has 23 heavy (non-hydrogen) atoms. The van der Waals surface area contributed by atoms with E-state index < -0.39 is 0 Å². The van der Waals surface area contributed by atoms with Crippen LogP contribution in [0.2, 0.25) is 0 Å². The highest BCUT2D eigenvalue weighted by Gasteiger charge is 2.25. The minimum atomic E-state index is -0.0351.